The molecular weight excluding hydrogens is 216 g/mol. The molecule has 1 aliphatic carbocycles. The Hall–Kier alpha value is -1.36. The summed E-state index contributed by atoms with van der Waals surface area (Å²) in [7, 11) is 1.87. The third kappa shape index (κ3) is 3.06. The third-order valence-corrected chi connectivity index (χ3v) is 3.44. The van der Waals surface area contributed by atoms with Crippen molar-refractivity contribution in [2.75, 3.05) is 13.6 Å². The fraction of sp³-hybridized carbons (Fsp3) is 0.667. The van der Waals surface area contributed by atoms with Crippen LogP contribution in [0.2, 0.25) is 0 Å². The van der Waals surface area contributed by atoms with E-state index in [1.54, 1.807) is 12.5 Å². The lowest BCUT2D eigenvalue weighted by atomic mass is 10.1. The van der Waals surface area contributed by atoms with Crippen LogP contribution in [0.15, 0.2) is 18.7 Å². The Labute approximate surface area is 102 Å². The SMILES string of the molecule is CN(C(=O)CCn1ccnc1)C(CN)C1CC1. The average Bonchev–Trinajstić information content (AvgIpc) is 3.03. The number of likely N-dealkylation sites (N-methyl/N-ethyl adjacent to an activating group) is 1. The minimum absolute atomic E-state index is 0.168. The number of rotatable bonds is 6. The third-order valence-electron chi connectivity index (χ3n) is 3.44. The van der Waals surface area contributed by atoms with Gasteiger partial charge in [-0.1, -0.05) is 0 Å². The molecule has 17 heavy (non-hydrogen) atoms. The standard InChI is InChI=1S/C12H20N4O/c1-15(11(8-13)10-2-3-10)12(17)4-6-16-7-5-14-9-16/h5,7,9-11H,2-4,6,8,13H2,1H3. The van der Waals surface area contributed by atoms with Gasteiger partial charge in [-0.05, 0) is 18.8 Å². The molecule has 5 heteroatoms. The molecule has 1 unspecified atom stereocenters. The predicted molar refractivity (Wildman–Crippen MR) is 65.2 cm³/mol. The Balaban J connectivity index is 1.81. The summed E-state index contributed by atoms with van der Waals surface area (Å²) in [5.74, 6) is 0.795. The number of aromatic nitrogens is 2. The molecular formula is C12H20N4O. The smallest absolute Gasteiger partial charge is 0.224 e. The highest BCUT2D eigenvalue weighted by molar-refractivity contribution is 5.76. The van der Waals surface area contributed by atoms with E-state index < -0.39 is 0 Å². The predicted octanol–water partition coefficient (Wildman–Crippen LogP) is 0.469. The van der Waals surface area contributed by atoms with E-state index in [-0.39, 0.29) is 11.9 Å². The van der Waals surface area contributed by atoms with Gasteiger partial charge in [0, 0.05) is 45.0 Å². The first kappa shape index (κ1) is 12.1. The first-order chi connectivity index (χ1) is 8.22. The molecule has 1 aromatic rings. The van der Waals surface area contributed by atoms with Gasteiger partial charge < -0.3 is 15.2 Å². The van der Waals surface area contributed by atoms with Gasteiger partial charge in [-0.2, -0.15) is 0 Å². The Morgan fingerprint density at radius 3 is 2.94 bits per heavy atom. The second kappa shape index (κ2) is 5.31. The van der Waals surface area contributed by atoms with Crippen LogP contribution in [0.3, 0.4) is 0 Å². The molecule has 1 fully saturated rings. The molecule has 1 aliphatic rings. The number of aryl methyl sites for hydroxylation is 1. The van der Waals surface area contributed by atoms with E-state index in [0.717, 1.165) is 0 Å². The lowest BCUT2D eigenvalue weighted by molar-refractivity contribution is -0.132. The molecule has 5 nitrogen and oxygen atoms in total. The van der Waals surface area contributed by atoms with Gasteiger partial charge in [0.15, 0.2) is 0 Å². The zero-order chi connectivity index (χ0) is 12.3. The summed E-state index contributed by atoms with van der Waals surface area (Å²) in [4.78, 5) is 17.8. The summed E-state index contributed by atoms with van der Waals surface area (Å²) >= 11 is 0. The van der Waals surface area contributed by atoms with Crippen molar-refractivity contribution in [1.29, 1.82) is 0 Å². The molecule has 2 N–H and O–H groups in total. The number of imidazole rings is 1. The van der Waals surface area contributed by atoms with Crippen LogP contribution >= 0.6 is 0 Å². The van der Waals surface area contributed by atoms with E-state index in [1.165, 1.54) is 12.8 Å². The number of hydrogen-bond donors (Lipinski definition) is 1. The van der Waals surface area contributed by atoms with E-state index in [1.807, 2.05) is 22.7 Å². The molecule has 1 amide bonds. The molecule has 1 atom stereocenters. The number of carbonyl (C=O) groups is 1. The van der Waals surface area contributed by atoms with Crippen LogP contribution in [0, 0.1) is 5.92 Å². The Morgan fingerprint density at radius 1 is 1.65 bits per heavy atom. The summed E-state index contributed by atoms with van der Waals surface area (Å²) in [6, 6.07) is 0.227. The van der Waals surface area contributed by atoms with Crippen molar-refractivity contribution in [3.63, 3.8) is 0 Å². The molecule has 0 aliphatic heterocycles. The van der Waals surface area contributed by atoms with Crippen LogP contribution in [-0.4, -0.2) is 40.0 Å². The van der Waals surface area contributed by atoms with Crippen LogP contribution in [0.5, 0.6) is 0 Å². The number of carbonyl (C=O) groups excluding carboxylic acids is 1. The molecule has 1 aromatic heterocycles. The lowest BCUT2D eigenvalue weighted by Gasteiger charge is -2.27. The van der Waals surface area contributed by atoms with E-state index in [0.29, 0.717) is 25.4 Å². The largest absolute Gasteiger partial charge is 0.341 e. The quantitative estimate of drug-likeness (QED) is 0.781. The maximum Gasteiger partial charge on any atom is 0.224 e. The summed E-state index contributed by atoms with van der Waals surface area (Å²) < 4.78 is 1.92. The van der Waals surface area contributed by atoms with Crippen molar-refractivity contribution in [1.82, 2.24) is 14.5 Å². The highest BCUT2D eigenvalue weighted by Crippen LogP contribution is 2.34. The molecule has 0 radical (unpaired) electrons. The topological polar surface area (TPSA) is 64.2 Å². The van der Waals surface area contributed by atoms with Crippen LogP contribution < -0.4 is 5.73 Å². The number of nitrogens with two attached hydrogens (primary N) is 1. The summed E-state index contributed by atoms with van der Waals surface area (Å²) in [5, 5.41) is 0. The van der Waals surface area contributed by atoms with Gasteiger partial charge >= 0.3 is 0 Å². The van der Waals surface area contributed by atoms with Crippen LogP contribution in [-0.2, 0) is 11.3 Å². The fourth-order valence-corrected chi connectivity index (χ4v) is 2.15. The molecule has 1 heterocycles. The summed E-state index contributed by atoms with van der Waals surface area (Å²) in [6.07, 6.45) is 8.25. The van der Waals surface area contributed by atoms with Gasteiger partial charge in [0.2, 0.25) is 5.91 Å². The van der Waals surface area contributed by atoms with Crippen molar-refractivity contribution in [2.24, 2.45) is 11.7 Å². The average molecular weight is 236 g/mol. The van der Waals surface area contributed by atoms with Gasteiger partial charge in [0.25, 0.3) is 0 Å². The maximum atomic E-state index is 12.0. The first-order valence-electron chi connectivity index (χ1n) is 6.14. The molecule has 0 spiro atoms. The van der Waals surface area contributed by atoms with Crippen molar-refractivity contribution >= 4 is 5.91 Å². The van der Waals surface area contributed by atoms with E-state index in [9.17, 15) is 4.79 Å². The van der Waals surface area contributed by atoms with Gasteiger partial charge in [-0.3, -0.25) is 4.79 Å². The normalized spacial score (nSPS) is 16.8. The number of amides is 1. The van der Waals surface area contributed by atoms with E-state index in [4.69, 9.17) is 5.73 Å². The van der Waals surface area contributed by atoms with Crippen LogP contribution in [0.4, 0.5) is 0 Å². The van der Waals surface area contributed by atoms with Crippen molar-refractivity contribution in [2.45, 2.75) is 31.8 Å². The second-order valence-electron chi connectivity index (χ2n) is 4.70. The summed E-state index contributed by atoms with van der Waals surface area (Å²) in [6.45, 7) is 1.25. The van der Waals surface area contributed by atoms with Crippen molar-refractivity contribution in [3.8, 4) is 0 Å². The van der Waals surface area contributed by atoms with Gasteiger partial charge in [0.1, 0.15) is 0 Å². The van der Waals surface area contributed by atoms with Gasteiger partial charge in [0.05, 0.1) is 6.33 Å². The highest BCUT2D eigenvalue weighted by atomic mass is 16.2. The first-order valence-corrected chi connectivity index (χ1v) is 6.14. The minimum Gasteiger partial charge on any atom is -0.341 e. The molecule has 0 bridgehead atoms. The molecule has 0 aromatic carbocycles. The molecule has 2 rings (SSSR count). The van der Waals surface area contributed by atoms with Crippen LogP contribution in [0.25, 0.3) is 0 Å². The Bertz CT molecular complexity index is 359. The highest BCUT2D eigenvalue weighted by Gasteiger charge is 2.34. The Kier molecular flexibility index (Phi) is 3.78. The van der Waals surface area contributed by atoms with Crippen molar-refractivity contribution in [3.05, 3.63) is 18.7 Å². The minimum atomic E-state index is 0.168. The van der Waals surface area contributed by atoms with Crippen LogP contribution in [0.1, 0.15) is 19.3 Å². The monoisotopic (exact) mass is 236 g/mol. The molecule has 1 saturated carbocycles. The summed E-state index contributed by atoms with van der Waals surface area (Å²) in [5.41, 5.74) is 5.73. The zero-order valence-electron chi connectivity index (χ0n) is 10.2. The maximum absolute atomic E-state index is 12.0. The lowest BCUT2D eigenvalue weighted by Crippen LogP contribution is -2.43. The molecule has 94 valence electrons. The fourth-order valence-electron chi connectivity index (χ4n) is 2.15. The number of nitrogens with zero attached hydrogens (tertiary/aromatic N) is 3. The van der Waals surface area contributed by atoms with Gasteiger partial charge in [-0.25, -0.2) is 4.98 Å². The number of hydrogen-bond acceptors (Lipinski definition) is 3. The molecule has 0 saturated heterocycles. The van der Waals surface area contributed by atoms with Crippen molar-refractivity contribution < 1.29 is 4.79 Å². The van der Waals surface area contributed by atoms with E-state index >= 15 is 0 Å². The van der Waals surface area contributed by atoms with Gasteiger partial charge in [-0.15, -0.1) is 0 Å². The Morgan fingerprint density at radius 2 is 2.41 bits per heavy atom. The second-order valence-corrected chi connectivity index (χ2v) is 4.70. The van der Waals surface area contributed by atoms with E-state index in [2.05, 4.69) is 4.98 Å². The zero-order valence-corrected chi connectivity index (χ0v) is 10.2.